The largest absolute Gasteiger partial charge is 0.345 e. The number of anilines is 1. The Bertz CT molecular complexity index is 404. The van der Waals surface area contributed by atoms with Gasteiger partial charge in [0, 0.05) is 18.3 Å². The number of Topliss-reactive ketones (excluding diaryl/α,β-unsaturated/α-hetero) is 1. The third kappa shape index (κ3) is 3.06. The minimum absolute atomic E-state index is 0.0452. The molecule has 0 saturated carbocycles. The van der Waals surface area contributed by atoms with Crippen LogP contribution in [0.1, 0.15) is 17.3 Å². The zero-order valence-electron chi connectivity index (χ0n) is 9.48. The van der Waals surface area contributed by atoms with Crippen LogP contribution in [0.2, 0.25) is 0 Å². The minimum atomic E-state index is -0.400. The summed E-state index contributed by atoms with van der Waals surface area (Å²) in [6.07, 6.45) is 0. The third-order valence-electron chi connectivity index (χ3n) is 2.08. The van der Waals surface area contributed by atoms with Crippen molar-refractivity contribution in [1.29, 1.82) is 0 Å². The molecule has 0 bridgehead atoms. The summed E-state index contributed by atoms with van der Waals surface area (Å²) >= 11 is 0. The summed E-state index contributed by atoms with van der Waals surface area (Å²) in [6.45, 7) is 1.47. The van der Waals surface area contributed by atoms with Gasteiger partial charge in [-0.25, -0.2) is 9.86 Å². The molecule has 1 aromatic rings. The van der Waals surface area contributed by atoms with Crippen molar-refractivity contribution in [2.24, 2.45) is 0 Å². The molecular formula is C11H14N2O3. The predicted octanol–water partition coefficient (Wildman–Crippen LogP) is 1.91. The Balaban J connectivity index is 2.78. The van der Waals surface area contributed by atoms with Gasteiger partial charge in [-0.1, -0.05) is 12.1 Å². The van der Waals surface area contributed by atoms with Gasteiger partial charge in [0.2, 0.25) is 0 Å². The van der Waals surface area contributed by atoms with Crippen molar-refractivity contribution < 1.29 is 14.4 Å². The maximum absolute atomic E-state index is 11.4. The summed E-state index contributed by atoms with van der Waals surface area (Å²) in [5.41, 5.74) is 1.11. The van der Waals surface area contributed by atoms with Crippen LogP contribution in [0.5, 0.6) is 0 Å². The summed E-state index contributed by atoms with van der Waals surface area (Å²) in [7, 11) is 2.88. The molecule has 0 aliphatic rings. The lowest BCUT2D eigenvalue weighted by Gasteiger charge is -2.14. The van der Waals surface area contributed by atoms with E-state index in [0.717, 1.165) is 5.06 Å². The maximum atomic E-state index is 11.4. The first-order valence-electron chi connectivity index (χ1n) is 4.74. The van der Waals surface area contributed by atoms with Crippen LogP contribution >= 0.6 is 0 Å². The first-order chi connectivity index (χ1) is 7.54. The molecule has 1 aromatic carbocycles. The Labute approximate surface area is 94.0 Å². The number of urea groups is 1. The molecule has 0 aliphatic carbocycles. The molecule has 0 atom stereocenters. The second kappa shape index (κ2) is 5.27. The fourth-order valence-electron chi connectivity index (χ4n) is 1.10. The highest BCUT2D eigenvalue weighted by molar-refractivity contribution is 5.96. The fraction of sp³-hybridized carbons (Fsp3) is 0.273. The average Bonchev–Trinajstić information content (AvgIpc) is 2.28. The molecule has 1 rings (SSSR count). The molecule has 5 heteroatoms. The summed E-state index contributed by atoms with van der Waals surface area (Å²) in [5, 5.41) is 3.65. The highest BCUT2D eigenvalue weighted by Gasteiger charge is 2.08. The molecule has 0 aliphatic heterocycles. The topological polar surface area (TPSA) is 58.6 Å². The van der Waals surface area contributed by atoms with Crippen molar-refractivity contribution in [3.05, 3.63) is 29.8 Å². The normalized spacial score (nSPS) is 9.69. The van der Waals surface area contributed by atoms with Crippen molar-refractivity contribution in [3.8, 4) is 0 Å². The number of rotatable bonds is 3. The van der Waals surface area contributed by atoms with Gasteiger partial charge >= 0.3 is 6.03 Å². The van der Waals surface area contributed by atoms with Crippen molar-refractivity contribution in [3.63, 3.8) is 0 Å². The molecule has 0 spiro atoms. The van der Waals surface area contributed by atoms with Crippen molar-refractivity contribution in [1.82, 2.24) is 5.06 Å². The van der Waals surface area contributed by atoms with Gasteiger partial charge in [-0.15, -0.1) is 0 Å². The van der Waals surface area contributed by atoms with Gasteiger partial charge in [-0.2, -0.15) is 0 Å². The average molecular weight is 222 g/mol. The van der Waals surface area contributed by atoms with E-state index >= 15 is 0 Å². The predicted molar refractivity (Wildman–Crippen MR) is 60.2 cm³/mol. The van der Waals surface area contributed by atoms with E-state index in [9.17, 15) is 9.59 Å². The molecule has 86 valence electrons. The Kier molecular flexibility index (Phi) is 4.02. The molecule has 0 radical (unpaired) electrons. The van der Waals surface area contributed by atoms with E-state index < -0.39 is 6.03 Å². The molecule has 5 nitrogen and oxygen atoms in total. The van der Waals surface area contributed by atoms with Crippen molar-refractivity contribution in [2.75, 3.05) is 19.5 Å². The number of carbonyl (C=O) groups excluding carboxylic acids is 2. The van der Waals surface area contributed by atoms with E-state index in [1.807, 2.05) is 0 Å². The Morgan fingerprint density at radius 3 is 2.62 bits per heavy atom. The van der Waals surface area contributed by atoms with Crippen LogP contribution in [0.15, 0.2) is 24.3 Å². The molecule has 0 saturated heterocycles. The summed E-state index contributed by atoms with van der Waals surface area (Å²) < 4.78 is 0. The van der Waals surface area contributed by atoms with Gasteiger partial charge in [0.25, 0.3) is 0 Å². The number of carbonyl (C=O) groups is 2. The van der Waals surface area contributed by atoms with Crippen LogP contribution < -0.4 is 5.32 Å². The highest BCUT2D eigenvalue weighted by atomic mass is 16.7. The van der Waals surface area contributed by atoms with Crippen molar-refractivity contribution in [2.45, 2.75) is 6.92 Å². The molecule has 0 unspecified atom stereocenters. The van der Waals surface area contributed by atoms with Gasteiger partial charge in [0.05, 0.1) is 7.11 Å². The SMILES string of the molecule is CON(C)C(=O)Nc1cccc(C(C)=O)c1. The van der Waals surface area contributed by atoms with E-state index in [0.29, 0.717) is 11.3 Å². The molecule has 1 N–H and O–H groups in total. The van der Waals surface area contributed by atoms with Gasteiger partial charge in [-0.05, 0) is 19.1 Å². The lowest BCUT2D eigenvalue weighted by molar-refractivity contribution is -0.0598. The first-order valence-corrected chi connectivity index (χ1v) is 4.74. The Morgan fingerprint density at radius 1 is 1.38 bits per heavy atom. The number of amides is 2. The number of hydrogen-bond acceptors (Lipinski definition) is 3. The third-order valence-corrected chi connectivity index (χ3v) is 2.08. The second-order valence-corrected chi connectivity index (χ2v) is 3.25. The standard InChI is InChI=1S/C11H14N2O3/c1-8(14)9-5-4-6-10(7-9)12-11(15)13(2)16-3/h4-7H,1-3H3,(H,12,15). The number of hydroxylamine groups is 2. The summed E-state index contributed by atoms with van der Waals surface area (Å²) in [5.74, 6) is -0.0452. The number of hydrogen-bond donors (Lipinski definition) is 1. The molecule has 16 heavy (non-hydrogen) atoms. The van der Waals surface area contributed by atoms with Gasteiger partial charge in [-0.3, -0.25) is 9.63 Å². The lowest BCUT2D eigenvalue weighted by atomic mass is 10.1. The van der Waals surface area contributed by atoms with E-state index in [1.165, 1.54) is 21.1 Å². The minimum Gasteiger partial charge on any atom is -0.306 e. The smallest absolute Gasteiger partial charge is 0.306 e. The van der Waals surface area contributed by atoms with E-state index in [1.54, 1.807) is 24.3 Å². The molecular weight excluding hydrogens is 208 g/mol. The van der Waals surface area contributed by atoms with Gasteiger partial charge < -0.3 is 5.32 Å². The zero-order chi connectivity index (χ0) is 12.1. The van der Waals surface area contributed by atoms with Crippen LogP contribution in [0, 0.1) is 0 Å². The summed E-state index contributed by atoms with van der Waals surface area (Å²) in [6, 6.07) is 6.32. The zero-order valence-corrected chi connectivity index (χ0v) is 9.48. The van der Waals surface area contributed by atoms with Crippen LogP contribution in [0.4, 0.5) is 10.5 Å². The quantitative estimate of drug-likeness (QED) is 0.627. The fourth-order valence-corrected chi connectivity index (χ4v) is 1.10. The number of nitrogens with zero attached hydrogens (tertiary/aromatic N) is 1. The van der Waals surface area contributed by atoms with Crippen LogP contribution in [0.25, 0.3) is 0 Å². The molecule has 0 heterocycles. The number of benzene rings is 1. The van der Waals surface area contributed by atoms with Crippen LogP contribution in [0.3, 0.4) is 0 Å². The molecule has 2 amide bonds. The first kappa shape index (κ1) is 12.2. The van der Waals surface area contributed by atoms with E-state index in [-0.39, 0.29) is 5.78 Å². The van der Waals surface area contributed by atoms with E-state index in [4.69, 9.17) is 4.84 Å². The monoisotopic (exact) mass is 222 g/mol. The second-order valence-electron chi connectivity index (χ2n) is 3.25. The number of nitrogens with one attached hydrogen (secondary N) is 1. The van der Waals surface area contributed by atoms with Crippen LogP contribution in [-0.4, -0.2) is 31.0 Å². The maximum Gasteiger partial charge on any atom is 0.345 e. The van der Waals surface area contributed by atoms with Gasteiger partial charge in [0.1, 0.15) is 0 Å². The molecule has 0 fully saturated rings. The Morgan fingerprint density at radius 2 is 2.06 bits per heavy atom. The van der Waals surface area contributed by atoms with Crippen LogP contribution in [-0.2, 0) is 4.84 Å². The van der Waals surface area contributed by atoms with Gasteiger partial charge in [0.15, 0.2) is 5.78 Å². The van der Waals surface area contributed by atoms with Crippen molar-refractivity contribution >= 4 is 17.5 Å². The lowest BCUT2D eigenvalue weighted by Crippen LogP contribution is -2.30. The highest BCUT2D eigenvalue weighted by Crippen LogP contribution is 2.11. The Hall–Kier alpha value is -1.88. The van der Waals surface area contributed by atoms with E-state index in [2.05, 4.69) is 5.32 Å². The summed E-state index contributed by atoms with van der Waals surface area (Å²) in [4.78, 5) is 27.3. The number of ketones is 1. The molecule has 0 aromatic heterocycles.